The Morgan fingerprint density at radius 3 is 2.36 bits per heavy atom. The highest BCUT2D eigenvalue weighted by Gasteiger charge is 2.35. The van der Waals surface area contributed by atoms with Gasteiger partial charge in [0.1, 0.15) is 10.6 Å². The van der Waals surface area contributed by atoms with Gasteiger partial charge in [0, 0.05) is 0 Å². The van der Waals surface area contributed by atoms with E-state index >= 15 is 0 Å². The van der Waals surface area contributed by atoms with E-state index in [0.717, 1.165) is 16.7 Å². The lowest BCUT2D eigenvalue weighted by atomic mass is 10.2. The van der Waals surface area contributed by atoms with E-state index in [0.29, 0.717) is 31.4 Å². The standard InChI is InChI=1S/C24H16BrCl2NO6S2/c1-33-16-4-6-17(7-5-16)36(31,32)34-21-9-3-14(10-18(21)25)12-22-23(29)28(24(30)35-22)13-15-2-8-19(26)20(27)11-15/h2-12H,13H2,1H3/b22-12-. The molecule has 0 spiro atoms. The topological polar surface area (TPSA) is 90.0 Å². The lowest BCUT2D eigenvalue weighted by molar-refractivity contribution is -0.123. The van der Waals surface area contributed by atoms with Gasteiger partial charge in [0.15, 0.2) is 5.75 Å². The molecule has 0 bridgehead atoms. The first-order valence-electron chi connectivity index (χ1n) is 10.1. The second-order valence-electron chi connectivity index (χ2n) is 7.42. The molecule has 4 rings (SSSR count). The first-order valence-corrected chi connectivity index (χ1v) is 13.9. The first kappa shape index (κ1) is 26.6. The zero-order chi connectivity index (χ0) is 26.0. The van der Waals surface area contributed by atoms with E-state index in [4.69, 9.17) is 32.1 Å². The van der Waals surface area contributed by atoms with Gasteiger partial charge < -0.3 is 8.92 Å². The predicted molar refractivity (Wildman–Crippen MR) is 143 cm³/mol. The Morgan fingerprint density at radius 2 is 1.72 bits per heavy atom. The molecule has 0 radical (unpaired) electrons. The maximum atomic E-state index is 12.9. The van der Waals surface area contributed by atoms with Gasteiger partial charge in [-0.05, 0) is 93.4 Å². The summed E-state index contributed by atoms with van der Waals surface area (Å²) in [7, 11) is -2.60. The van der Waals surface area contributed by atoms with E-state index in [1.165, 1.54) is 37.4 Å². The van der Waals surface area contributed by atoms with Crippen molar-refractivity contribution in [3.63, 3.8) is 0 Å². The van der Waals surface area contributed by atoms with E-state index in [1.54, 1.807) is 36.4 Å². The second kappa shape index (κ2) is 10.9. The van der Waals surface area contributed by atoms with Crippen LogP contribution in [0.4, 0.5) is 4.79 Å². The van der Waals surface area contributed by atoms with Crippen molar-refractivity contribution in [3.8, 4) is 11.5 Å². The van der Waals surface area contributed by atoms with Crippen molar-refractivity contribution in [2.24, 2.45) is 0 Å². The Labute approximate surface area is 230 Å². The minimum absolute atomic E-state index is 0.0325. The number of imide groups is 1. The maximum Gasteiger partial charge on any atom is 0.339 e. The summed E-state index contributed by atoms with van der Waals surface area (Å²) in [6, 6.07) is 15.3. The molecule has 3 aromatic carbocycles. The molecule has 7 nitrogen and oxygen atoms in total. The monoisotopic (exact) mass is 627 g/mol. The number of methoxy groups -OCH3 is 1. The Balaban J connectivity index is 1.50. The molecule has 1 aliphatic rings. The summed E-state index contributed by atoms with van der Waals surface area (Å²) in [6.45, 7) is 0.0542. The van der Waals surface area contributed by atoms with Crippen molar-refractivity contribution in [2.45, 2.75) is 11.4 Å². The van der Waals surface area contributed by atoms with E-state index < -0.39 is 21.3 Å². The van der Waals surface area contributed by atoms with Crippen LogP contribution in [-0.4, -0.2) is 31.6 Å². The number of carbonyl (C=O) groups is 2. The van der Waals surface area contributed by atoms with Gasteiger partial charge in [-0.25, -0.2) is 0 Å². The second-order valence-corrected chi connectivity index (χ2v) is 11.6. The fourth-order valence-electron chi connectivity index (χ4n) is 3.19. The van der Waals surface area contributed by atoms with Gasteiger partial charge in [0.25, 0.3) is 11.1 Å². The Morgan fingerprint density at radius 1 is 1.00 bits per heavy atom. The first-order chi connectivity index (χ1) is 17.1. The average molecular weight is 629 g/mol. The van der Waals surface area contributed by atoms with E-state index in [-0.39, 0.29) is 22.1 Å². The highest BCUT2D eigenvalue weighted by atomic mass is 79.9. The number of halogens is 3. The third-order valence-electron chi connectivity index (χ3n) is 5.00. The maximum absolute atomic E-state index is 12.9. The highest BCUT2D eigenvalue weighted by molar-refractivity contribution is 9.10. The lowest BCUT2D eigenvalue weighted by Gasteiger charge is -2.13. The molecule has 2 amide bonds. The summed E-state index contributed by atoms with van der Waals surface area (Å²) in [5, 5.41) is 0.295. The molecular weight excluding hydrogens is 613 g/mol. The molecule has 1 heterocycles. The molecule has 0 unspecified atom stereocenters. The summed E-state index contributed by atoms with van der Waals surface area (Å²) >= 11 is 16.1. The van der Waals surface area contributed by atoms with Crippen LogP contribution in [0.25, 0.3) is 6.08 Å². The van der Waals surface area contributed by atoms with Crippen LogP contribution in [0.1, 0.15) is 11.1 Å². The molecule has 0 aromatic heterocycles. The van der Waals surface area contributed by atoms with Gasteiger partial charge in [0.05, 0.1) is 33.1 Å². The number of amides is 2. The molecule has 1 fully saturated rings. The van der Waals surface area contributed by atoms with Crippen LogP contribution in [0.5, 0.6) is 11.5 Å². The number of hydrogen-bond acceptors (Lipinski definition) is 7. The number of ether oxygens (including phenoxy) is 1. The van der Waals surface area contributed by atoms with Gasteiger partial charge in [-0.2, -0.15) is 8.42 Å². The fourth-order valence-corrected chi connectivity index (χ4v) is 5.88. The molecule has 3 aromatic rings. The third-order valence-corrected chi connectivity index (χ3v) is 8.51. The van der Waals surface area contributed by atoms with Crippen LogP contribution in [0.15, 0.2) is 74.9 Å². The smallest absolute Gasteiger partial charge is 0.339 e. The van der Waals surface area contributed by atoms with Crippen molar-refractivity contribution in [2.75, 3.05) is 7.11 Å². The van der Waals surface area contributed by atoms with Gasteiger partial charge in [0.2, 0.25) is 0 Å². The molecule has 0 N–H and O–H groups in total. The number of hydrogen-bond donors (Lipinski definition) is 0. The highest BCUT2D eigenvalue weighted by Crippen LogP contribution is 2.36. The fraction of sp³-hybridized carbons (Fsp3) is 0.0833. The van der Waals surface area contributed by atoms with E-state index in [1.807, 2.05) is 0 Å². The van der Waals surface area contributed by atoms with Gasteiger partial charge in [-0.15, -0.1) is 0 Å². The zero-order valence-electron chi connectivity index (χ0n) is 18.4. The SMILES string of the molecule is COc1ccc(S(=O)(=O)Oc2ccc(/C=C3\SC(=O)N(Cc4ccc(Cl)c(Cl)c4)C3=O)cc2Br)cc1. The summed E-state index contributed by atoms with van der Waals surface area (Å²) in [5.41, 5.74) is 1.23. The number of rotatable bonds is 7. The van der Waals surface area contributed by atoms with Crippen molar-refractivity contribution < 1.29 is 26.9 Å². The number of thioether (sulfide) groups is 1. The number of carbonyl (C=O) groups excluding carboxylic acids is 2. The molecule has 186 valence electrons. The predicted octanol–water partition coefficient (Wildman–Crippen LogP) is 6.77. The lowest BCUT2D eigenvalue weighted by Crippen LogP contribution is -2.27. The normalized spacial score (nSPS) is 15.0. The van der Waals surface area contributed by atoms with Gasteiger partial charge in [-0.3, -0.25) is 14.5 Å². The van der Waals surface area contributed by atoms with Gasteiger partial charge >= 0.3 is 10.1 Å². The van der Waals surface area contributed by atoms with E-state index in [9.17, 15) is 18.0 Å². The number of benzene rings is 3. The Bertz CT molecular complexity index is 1490. The summed E-state index contributed by atoms with van der Waals surface area (Å²) in [4.78, 5) is 26.6. The molecule has 0 aliphatic carbocycles. The van der Waals surface area contributed by atoms with Crippen LogP contribution in [0.2, 0.25) is 10.0 Å². The summed E-state index contributed by atoms with van der Waals surface area (Å²) in [6.07, 6.45) is 1.55. The van der Waals surface area contributed by atoms with E-state index in [2.05, 4.69) is 15.9 Å². The van der Waals surface area contributed by atoms with Crippen molar-refractivity contribution >= 4 is 78.2 Å². The largest absolute Gasteiger partial charge is 0.497 e. The quantitative estimate of drug-likeness (QED) is 0.211. The zero-order valence-corrected chi connectivity index (χ0v) is 23.1. The molecule has 36 heavy (non-hydrogen) atoms. The average Bonchev–Trinajstić information content (AvgIpc) is 3.10. The molecular formula is C24H16BrCl2NO6S2. The Kier molecular flexibility index (Phi) is 8.01. The minimum Gasteiger partial charge on any atom is -0.497 e. The Hall–Kier alpha value is -2.50. The summed E-state index contributed by atoms with van der Waals surface area (Å²) in [5.74, 6) is 0.131. The van der Waals surface area contributed by atoms with Crippen molar-refractivity contribution in [1.82, 2.24) is 4.90 Å². The molecule has 12 heteroatoms. The van der Waals surface area contributed by atoms with Crippen LogP contribution >= 0.6 is 50.9 Å². The van der Waals surface area contributed by atoms with Crippen molar-refractivity contribution in [1.29, 1.82) is 0 Å². The minimum atomic E-state index is -4.08. The summed E-state index contributed by atoms with van der Waals surface area (Å²) < 4.78 is 35.9. The van der Waals surface area contributed by atoms with Crippen LogP contribution < -0.4 is 8.92 Å². The number of nitrogens with zero attached hydrogens (tertiary/aromatic N) is 1. The van der Waals surface area contributed by atoms with Crippen molar-refractivity contribution in [3.05, 3.63) is 91.2 Å². The molecule has 0 saturated carbocycles. The van der Waals surface area contributed by atoms with Crippen LogP contribution in [-0.2, 0) is 21.5 Å². The van der Waals surface area contributed by atoms with Crippen LogP contribution in [0, 0.1) is 0 Å². The van der Waals surface area contributed by atoms with Gasteiger partial charge in [-0.1, -0.05) is 35.3 Å². The molecule has 1 saturated heterocycles. The third kappa shape index (κ3) is 5.90. The molecule has 0 atom stereocenters. The van der Waals surface area contributed by atoms with Crippen LogP contribution in [0.3, 0.4) is 0 Å². The molecule has 1 aliphatic heterocycles.